The number of nitrogens with zero attached hydrogens (tertiary/aromatic N) is 1. The minimum atomic E-state index is -0.457. The third-order valence-electron chi connectivity index (χ3n) is 3.03. The Morgan fingerprint density at radius 1 is 1.33 bits per heavy atom. The van der Waals surface area contributed by atoms with E-state index in [9.17, 15) is 5.11 Å². The Kier molecular flexibility index (Phi) is 6.65. The third kappa shape index (κ3) is 4.58. The highest BCUT2D eigenvalue weighted by molar-refractivity contribution is 6.30. The van der Waals surface area contributed by atoms with Gasteiger partial charge in [0.15, 0.2) is 0 Å². The molecule has 1 aromatic carbocycles. The van der Waals surface area contributed by atoms with E-state index >= 15 is 0 Å². The van der Waals surface area contributed by atoms with Crippen molar-refractivity contribution < 1.29 is 9.84 Å². The Balaban J connectivity index is 2.67. The second-order valence-electron chi connectivity index (χ2n) is 4.52. The third-order valence-corrected chi connectivity index (χ3v) is 3.28. The first kappa shape index (κ1) is 15.4. The molecule has 0 radical (unpaired) electrons. The lowest BCUT2D eigenvalue weighted by Crippen LogP contribution is -2.34. The molecular formula is C14H22ClNO2. The van der Waals surface area contributed by atoms with Crippen LogP contribution in [0.4, 0.5) is 0 Å². The smallest absolute Gasteiger partial charge is 0.0900 e. The molecule has 0 bridgehead atoms. The van der Waals surface area contributed by atoms with Crippen molar-refractivity contribution >= 4 is 11.6 Å². The molecule has 0 heterocycles. The molecule has 0 aliphatic rings. The summed E-state index contributed by atoms with van der Waals surface area (Å²) in [5.74, 6) is 0. The molecular weight excluding hydrogens is 250 g/mol. The molecule has 3 nitrogen and oxygen atoms in total. The van der Waals surface area contributed by atoms with Gasteiger partial charge >= 0.3 is 0 Å². The minimum Gasteiger partial charge on any atom is -0.389 e. The molecule has 18 heavy (non-hydrogen) atoms. The number of hydrogen-bond donors (Lipinski definition) is 1. The second kappa shape index (κ2) is 7.74. The average molecular weight is 272 g/mol. The van der Waals surface area contributed by atoms with E-state index in [4.69, 9.17) is 16.3 Å². The number of halogens is 1. The molecule has 0 amide bonds. The zero-order valence-corrected chi connectivity index (χ0v) is 12.0. The first-order valence-electron chi connectivity index (χ1n) is 6.21. The fraction of sp³-hybridized carbons (Fsp3) is 0.571. The van der Waals surface area contributed by atoms with Crippen LogP contribution in [0.3, 0.4) is 0 Å². The highest BCUT2D eigenvalue weighted by Gasteiger charge is 2.17. The molecule has 0 saturated carbocycles. The van der Waals surface area contributed by atoms with E-state index in [0.29, 0.717) is 13.2 Å². The summed E-state index contributed by atoms with van der Waals surface area (Å²) in [5, 5.41) is 10.5. The summed E-state index contributed by atoms with van der Waals surface area (Å²) in [6, 6.07) is 8.16. The number of ether oxygens (including phenoxy) is 1. The van der Waals surface area contributed by atoms with Gasteiger partial charge in [-0.1, -0.05) is 30.7 Å². The Morgan fingerprint density at radius 2 is 1.94 bits per heavy atom. The number of likely N-dealkylation sites (N-methyl/N-ethyl adjacent to an activating group) is 1. The van der Waals surface area contributed by atoms with Crippen molar-refractivity contribution in [3.8, 4) is 0 Å². The van der Waals surface area contributed by atoms with Gasteiger partial charge in [-0.15, -0.1) is 0 Å². The molecule has 0 saturated heterocycles. The fourth-order valence-corrected chi connectivity index (χ4v) is 2.32. The van der Waals surface area contributed by atoms with Crippen molar-refractivity contribution in [1.29, 1.82) is 0 Å². The van der Waals surface area contributed by atoms with Crippen LogP contribution in [0.15, 0.2) is 24.3 Å². The van der Waals surface area contributed by atoms with Gasteiger partial charge in [0.25, 0.3) is 0 Å². The molecule has 102 valence electrons. The summed E-state index contributed by atoms with van der Waals surface area (Å²) < 4.78 is 4.95. The molecule has 1 aromatic rings. The predicted molar refractivity (Wildman–Crippen MR) is 75.0 cm³/mol. The highest BCUT2D eigenvalue weighted by Crippen LogP contribution is 2.24. The van der Waals surface area contributed by atoms with Gasteiger partial charge in [-0.3, -0.25) is 4.90 Å². The monoisotopic (exact) mass is 271 g/mol. The minimum absolute atomic E-state index is 0.286. The van der Waals surface area contributed by atoms with Crippen LogP contribution < -0.4 is 0 Å². The van der Waals surface area contributed by atoms with E-state index < -0.39 is 6.10 Å². The van der Waals surface area contributed by atoms with E-state index in [-0.39, 0.29) is 6.04 Å². The van der Waals surface area contributed by atoms with Crippen LogP contribution in [0, 0.1) is 0 Å². The van der Waals surface area contributed by atoms with Crippen LogP contribution in [0.2, 0.25) is 5.02 Å². The Hall–Kier alpha value is -0.610. The summed E-state index contributed by atoms with van der Waals surface area (Å²) in [5.41, 5.74) is 1.22. The predicted octanol–water partition coefficient (Wildman–Crippen LogP) is 2.73. The maximum atomic E-state index is 9.77. The molecule has 0 aromatic heterocycles. The van der Waals surface area contributed by atoms with Crippen LogP contribution in [0.25, 0.3) is 0 Å². The van der Waals surface area contributed by atoms with Gasteiger partial charge in [-0.05, 0) is 31.2 Å². The average Bonchev–Trinajstić information content (AvgIpc) is 2.32. The lowest BCUT2D eigenvalue weighted by atomic mass is 10.0. The van der Waals surface area contributed by atoms with Gasteiger partial charge in [-0.25, -0.2) is 0 Å². The van der Waals surface area contributed by atoms with Crippen molar-refractivity contribution in [2.24, 2.45) is 0 Å². The van der Waals surface area contributed by atoms with E-state index in [1.54, 1.807) is 7.11 Å². The maximum absolute atomic E-state index is 9.77. The summed E-state index contributed by atoms with van der Waals surface area (Å²) in [4.78, 5) is 2.15. The number of aliphatic hydroxyl groups is 1. The summed E-state index contributed by atoms with van der Waals surface area (Å²) in [7, 11) is 3.61. The van der Waals surface area contributed by atoms with Crippen molar-refractivity contribution in [2.75, 3.05) is 27.3 Å². The van der Waals surface area contributed by atoms with Crippen LogP contribution in [-0.2, 0) is 4.74 Å². The molecule has 0 spiro atoms. The molecule has 1 rings (SSSR count). The van der Waals surface area contributed by atoms with Gasteiger partial charge in [-0.2, -0.15) is 0 Å². The largest absolute Gasteiger partial charge is 0.389 e. The number of benzene rings is 1. The maximum Gasteiger partial charge on any atom is 0.0900 e. The van der Waals surface area contributed by atoms with Gasteiger partial charge in [0.05, 0.1) is 12.7 Å². The SMILES string of the molecule is CCC(c1ccc(Cl)cc1)N(C)CC(O)COC. The molecule has 1 N–H and O–H groups in total. The second-order valence-corrected chi connectivity index (χ2v) is 4.96. The number of rotatable bonds is 7. The van der Waals surface area contributed by atoms with E-state index in [0.717, 1.165) is 11.4 Å². The van der Waals surface area contributed by atoms with Crippen LogP contribution >= 0.6 is 11.6 Å². The van der Waals surface area contributed by atoms with Gasteiger partial charge in [0.1, 0.15) is 0 Å². The first-order valence-corrected chi connectivity index (χ1v) is 6.59. The van der Waals surface area contributed by atoms with Gasteiger partial charge in [0, 0.05) is 24.7 Å². The Bertz CT molecular complexity index is 342. The van der Waals surface area contributed by atoms with Crippen LogP contribution in [-0.4, -0.2) is 43.4 Å². The molecule has 0 fully saturated rings. The topological polar surface area (TPSA) is 32.7 Å². The van der Waals surface area contributed by atoms with Crippen molar-refractivity contribution in [1.82, 2.24) is 4.90 Å². The van der Waals surface area contributed by atoms with Crippen LogP contribution in [0.1, 0.15) is 24.9 Å². The van der Waals surface area contributed by atoms with Gasteiger partial charge < -0.3 is 9.84 Å². The number of methoxy groups -OCH3 is 1. The number of hydrogen-bond acceptors (Lipinski definition) is 3. The first-order chi connectivity index (χ1) is 8.58. The van der Waals surface area contributed by atoms with Gasteiger partial charge in [0.2, 0.25) is 0 Å². The van der Waals surface area contributed by atoms with E-state index in [1.165, 1.54) is 5.56 Å². The summed E-state index contributed by atoms with van der Waals surface area (Å²) >= 11 is 5.89. The normalized spacial score (nSPS) is 14.8. The quantitative estimate of drug-likeness (QED) is 0.828. The van der Waals surface area contributed by atoms with E-state index in [1.807, 2.05) is 31.3 Å². The number of aliphatic hydroxyl groups excluding tert-OH is 1. The van der Waals surface area contributed by atoms with Crippen molar-refractivity contribution in [2.45, 2.75) is 25.5 Å². The summed E-state index contributed by atoms with van der Waals surface area (Å²) in [6.07, 6.45) is 0.527. The molecule has 0 aliphatic carbocycles. The molecule has 2 atom stereocenters. The Labute approximate surface area is 114 Å². The highest BCUT2D eigenvalue weighted by atomic mass is 35.5. The van der Waals surface area contributed by atoms with Crippen LogP contribution in [0.5, 0.6) is 0 Å². The zero-order valence-electron chi connectivity index (χ0n) is 11.3. The van der Waals surface area contributed by atoms with Crippen molar-refractivity contribution in [3.05, 3.63) is 34.9 Å². The molecule has 4 heteroatoms. The van der Waals surface area contributed by atoms with Crippen molar-refractivity contribution in [3.63, 3.8) is 0 Å². The lowest BCUT2D eigenvalue weighted by molar-refractivity contribution is 0.0335. The molecule has 2 unspecified atom stereocenters. The molecule has 0 aliphatic heterocycles. The zero-order chi connectivity index (χ0) is 13.5. The summed E-state index contributed by atoms with van der Waals surface area (Å²) in [6.45, 7) is 3.09. The standard InChI is InChI=1S/C14H22ClNO2/c1-4-14(11-5-7-12(15)8-6-11)16(2)9-13(17)10-18-3/h5-8,13-14,17H,4,9-10H2,1-3H3. The fourth-order valence-electron chi connectivity index (χ4n) is 2.19. The lowest BCUT2D eigenvalue weighted by Gasteiger charge is -2.29. The van der Waals surface area contributed by atoms with E-state index in [2.05, 4.69) is 11.8 Å². The Morgan fingerprint density at radius 3 is 2.44 bits per heavy atom.